The van der Waals surface area contributed by atoms with Gasteiger partial charge in [-0.25, -0.2) is 4.79 Å². The van der Waals surface area contributed by atoms with Crippen LogP contribution in [0.15, 0.2) is 36.5 Å². The number of carbonyl (C=O) groups is 2. The van der Waals surface area contributed by atoms with Crippen molar-refractivity contribution in [3.8, 4) is 5.69 Å². The van der Waals surface area contributed by atoms with Gasteiger partial charge in [0.15, 0.2) is 0 Å². The van der Waals surface area contributed by atoms with Gasteiger partial charge in [0.25, 0.3) is 5.91 Å². The van der Waals surface area contributed by atoms with E-state index in [1.165, 1.54) is 9.70 Å². The second kappa shape index (κ2) is 5.49. The van der Waals surface area contributed by atoms with E-state index >= 15 is 0 Å². The topological polar surface area (TPSA) is 71.3 Å². The molecule has 1 aromatic heterocycles. The number of fused-ring (bicyclic) bond motifs is 1. The highest BCUT2D eigenvalue weighted by Gasteiger charge is 2.45. The summed E-state index contributed by atoms with van der Waals surface area (Å²) in [6.45, 7) is 0.847. The number of aromatic nitrogens is 3. The highest BCUT2D eigenvalue weighted by Crippen LogP contribution is 2.27. The van der Waals surface area contributed by atoms with E-state index in [2.05, 4.69) is 10.2 Å². The Morgan fingerprint density at radius 2 is 1.96 bits per heavy atom. The number of piperidine rings is 1. The summed E-state index contributed by atoms with van der Waals surface area (Å²) in [5, 5.41) is 8.58. The Hall–Kier alpha value is -2.70. The summed E-state index contributed by atoms with van der Waals surface area (Å²) in [5.74, 6) is -0.107. The van der Waals surface area contributed by atoms with Crippen molar-refractivity contribution < 1.29 is 9.59 Å². The molecular weight excluding hydrogens is 294 g/mol. The third-order valence-corrected chi connectivity index (χ3v) is 4.38. The van der Waals surface area contributed by atoms with E-state index in [4.69, 9.17) is 0 Å². The Morgan fingerprint density at radius 1 is 1.13 bits per heavy atom. The van der Waals surface area contributed by atoms with Crippen molar-refractivity contribution in [1.82, 2.24) is 24.8 Å². The highest BCUT2D eigenvalue weighted by atomic mass is 16.2. The maximum absolute atomic E-state index is 12.4. The van der Waals surface area contributed by atoms with Crippen molar-refractivity contribution in [2.75, 3.05) is 6.54 Å². The van der Waals surface area contributed by atoms with E-state index in [0.29, 0.717) is 12.2 Å². The Labute approximate surface area is 133 Å². The molecule has 0 radical (unpaired) electrons. The lowest BCUT2D eigenvalue weighted by Crippen LogP contribution is -2.38. The lowest BCUT2D eigenvalue weighted by Gasteiger charge is -2.25. The summed E-state index contributed by atoms with van der Waals surface area (Å²) >= 11 is 0. The molecule has 3 heterocycles. The fourth-order valence-corrected chi connectivity index (χ4v) is 3.21. The zero-order valence-corrected chi connectivity index (χ0v) is 12.6. The lowest BCUT2D eigenvalue weighted by molar-refractivity contribution is -0.129. The second-order valence-corrected chi connectivity index (χ2v) is 5.87. The van der Waals surface area contributed by atoms with Gasteiger partial charge in [-0.3, -0.25) is 9.69 Å². The number of para-hydroxylation sites is 1. The number of hydrogen-bond acceptors (Lipinski definition) is 4. The maximum atomic E-state index is 12.4. The van der Waals surface area contributed by atoms with Gasteiger partial charge in [-0.2, -0.15) is 15.0 Å². The maximum Gasteiger partial charge on any atom is 0.327 e. The standard InChI is InChI=1S/C16H17N5O2/c22-15-14-8-4-5-9-19(14)16(23)20(15)11-12-10-17-21(18-12)13-6-2-1-3-7-13/h1-3,6-7,10,14H,4-5,8-9,11H2/t14-/m1/s1. The van der Waals surface area contributed by atoms with Crippen LogP contribution in [0.1, 0.15) is 25.0 Å². The number of amides is 3. The van der Waals surface area contributed by atoms with E-state index in [9.17, 15) is 9.59 Å². The zero-order valence-electron chi connectivity index (χ0n) is 12.6. The van der Waals surface area contributed by atoms with Crippen LogP contribution in [0.3, 0.4) is 0 Å². The fourth-order valence-electron chi connectivity index (χ4n) is 3.21. The van der Waals surface area contributed by atoms with E-state index < -0.39 is 0 Å². The first-order valence-corrected chi connectivity index (χ1v) is 7.82. The van der Waals surface area contributed by atoms with Crippen molar-refractivity contribution in [3.63, 3.8) is 0 Å². The van der Waals surface area contributed by atoms with Crippen molar-refractivity contribution in [2.45, 2.75) is 31.8 Å². The van der Waals surface area contributed by atoms with Crippen LogP contribution in [0.4, 0.5) is 4.79 Å². The van der Waals surface area contributed by atoms with Gasteiger partial charge in [-0.1, -0.05) is 18.2 Å². The molecule has 2 aliphatic rings. The minimum atomic E-state index is -0.277. The van der Waals surface area contributed by atoms with Gasteiger partial charge < -0.3 is 4.90 Å². The van der Waals surface area contributed by atoms with Gasteiger partial charge in [-0.05, 0) is 31.4 Å². The molecule has 0 spiro atoms. The predicted molar refractivity (Wildman–Crippen MR) is 81.7 cm³/mol. The number of imide groups is 1. The Balaban J connectivity index is 1.53. The molecule has 0 N–H and O–H groups in total. The van der Waals surface area contributed by atoms with Crippen molar-refractivity contribution in [3.05, 3.63) is 42.2 Å². The van der Waals surface area contributed by atoms with Crippen molar-refractivity contribution in [2.24, 2.45) is 0 Å². The Bertz CT molecular complexity index is 718. The monoisotopic (exact) mass is 311 g/mol. The second-order valence-electron chi connectivity index (χ2n) is 5.87. The van der Waals surface area contributed by atoms with E-state index in [1.807, 2.05) is 30.3 Å². The van der Waals surface area contributed by atoms with Crippen molar-refractivity contribution >= 4 is 11.9 Å². The SMILES string of the molecule is O=C1[C@H]2CCCCN2C(=O)N1Cc1cnn(-c2ccccc2)n1. The largest absolute Gasteiger partial charge is 0.327 e. The summed E-state index contributed by atoms with van der Waals surface area (Å²) < 4.78 is 0. The quantitative estimate of drug-likeness (QED) is 0.807. The molecule has 2 aromatic rings. The molecule has 118 valence electrons. The molecule has 2 saturated heterocycles. The molecular formula is C16H17N5O2. The molecule has 0 saturated carbocycles. The number of rotatable bonds is 3. The van der Waals surface area contributed by atoms with Crippen LogP contribution in [-0.4, -0.2) is 49.3 Å². The first-order chi connectivity index (χ1) is 11.2. The van der Waals surface area contributed by atoms with Crippen LogP contribution >= 0.6 is 0 Å². The summed E-state index contributed by atoms with van der Waals surface area (Å²) in [4.78, 5) is 29.3. The van der Waals surface area contributed by atoms with Gasteiger partial charge >= 0.3 is 6.03 Å². The molecule has 0 unspecified atom stereocenters. The fraction of sp³-hybridized carbons (Fsp3) is 0.375. The highest BCUT2D eigenvalue weighted by molar-refractivity contribution is 6.04. The lowest BCUT2D eigenvalue weighted by atomic mass is 10.0. The van der Waals surface area contributed by atoms with Gasteiger partial charge in [-0.15, -0.1) is 0 Å². The van der Waals surface area contributed by atoms with Gasteiger partial charge in [0, 0.05) is 6.54 Å². The molecule has 4 rings (SSSR count). The van der Waals surface area contributed by atoms with Gasteiger partial charge in [0.05, 0.1) is 18.4 Å². The number of nitrogens with zero attached hydrogens (tertiary/aromatic N) is 5. The van der Waals surface area contributed by atoms with Gasteiger partial charge in [0.2, 0.25) is 0 Å². The molecule has 0 aliphatic carbocycles. The number of hydrogen-bond donors (Lipinski definition) is 0. The first-order valence-electron chi connectivity index (χ1n) is 7.82. The molecule has 2 aliphatic heterocycles. The van der Waals surface area contributed by atoms with Gasteiger partial charge in [0.1, 0.15) is 11.7 Å². The molecule has 7 nitrogen and oxygen atoms in total. The smallest absolute Gasteiger partial charge is 0.312 e. The summed E-state index contributed by atoms with van der Waals surface area (Å²) in [5.41, 5.74) is 1.45. The Kier molecular flexibility index (Phi) is 3.33. The normalized spacial score (nSPS) is 21.0. The zero-order chi connectivity index (χ0) is 15.8. The number of carbonyl (C=O) groups excluding carboxylic acids is 2. The average molecular weight is 311 g/mol. The third kappa shape index (κ3) is 2.38. The van der Waals surface area contributed by atoms with Crippen molar-refractivity contribution in [1.29, 1.82) is 0 Å². The van der Waals surface area contributed by atoms with E-state index in [0.717, 1.165) is 24.9 Å². The molecule has 2 fully saturated rings. The predicted octanol–water partition coefficient (Wildman–Crippen LogP) is 1.58. The molecule has 3 amide bonds. The third-order valence-electron chi connectivity index (χ3n) is 4.38. The minimum Gasteiger partial charge on any atom is -0.312 e. The van der Waals surface area contributed by atoms with Crippen LogP contribution in [0.2, 0.25) is 0 Å². The number of benzene rings is 1. The van der Waals surface area contributed by atoms with Crippen LogP contribution < -0.4 is 0 Å². The Morgan fingerprint density at radius 3 is 2.74 bits per heavy atom. The summed E-state index contributed by atoms with van der Waals surface area (Å²) in [6.07, 6.45) is 4.33. The van der Waals surface area contributed by atoms with Crippen LogP contribution in [-0.2, 0) is 11.3 Å². The number of urea groups is 1. The molecule has 0 bridgehead atoms. The van der Waals surface area contributed by atoms with Crippen LogP contribution in [0.5, 0.6) is 0 Å². The molecule has 23 heavy (non-hydrogen) atoms. The average Bonchev–Trinajstić information content (AvgIpc) is 3.16. The summed E-state index contributed by atoms with van der Waals surface area (Å²) in [7, 11) is 0. The van der Waals surface area contributed by atoms with E-state index in [1.54, 1.807) is 11.1 Å². The molecule has 1 atom stereocenters. The van der Waals surface area contributed by atoms with Crippen LogP contribution in [0, 0.1) is 0 Å². The molecule has 7 heteroatoms. The molecule has 1 aromatic carbocycles. The summed E-state index contributed by atoms with van der Waals surface area (Å²) in [6, 6.07) is 9.06. The minimum absolute atomic E-state index is 0.107. The van der Waals surface area contributed by atoms with E-state index in [-0.39, 0.29) is 24.5 Å². The first kappa shape index (κ1) is 13.9. The van der Waals surface area contributed by atoms with Crippen LogP contribution in [0.25, 0.3) is 5.69 Å².